The van der Waals surface area contributed by atoms with Crippen molar-refractivity contribution < 1.29 is 18.0 Å². The normalized spacial score (nSPS) is 16.8. The van der Waals surface area contributed by atoms with E-state index >= 15 is 0 Å². The zero-order valence-corrected chi connectivity index (χ0v) is 15.2. The van der Waals surface area contributed by atoms with E-state index in [0.717, 1.165) is 0 Å². The molecule has 140 valence electrons. The number of benzene rings is 1. The molecule has 1 aromatic carbocycles. The fraction of sp³-hybridized carbons (Fsp3) is 0.438. The molecule has 0 unspecified atom stereocenters. The standard InChI is InChI=1S/C16H18F3N3O.2ClH/c1-11(23)22-10-13(12-4-2-3-5-14(12)22)15(16(17,18)19)21-8-6-20-7-9-21;;/h2-5,10,15,20H,6-9H2,1H3;2*1H/t15-;;/m1../s1. The number of aromatic nitrogens is 1. The Morgan fingerprint density at radius 1 is 1.16 bits per heavy atom. The van der Waals surface area contributed by atoms with Gasteiger partial charge in [0.2, 0.25) is 5.91 Å². The number of carbonyl (C=O) groups is 1. The van der Waals surface area contributed by atoms with Gasteiger partial charge in [-0.2, -0.15) is 13.2 Å². The van der Waals surface area contributed by atoms with Crippen LogP contribution in [0, 0.1) is 0 Å². The molecule has 0 saturated carbocycles. The van der Waals surface area contributed by atoms with Crippen LogP contribution < -0.4 is 5.32 Å². The number of nitrogens with zero attached hydrogens (tertiary/aromatic N) is 2. The lowest BCUT2D eigenvalue weighted by Crippen LogP contribution is -2.49. The molecule has 1 aromatic heterocycles. The Balaban J connectivity index is 0.00000156. The van der Waals surface area contributed by atoms with E-state index in [-0.39, 0.29) is 36.3 Å². The van der Waals surface area contributed by atoms with E-state index < -0.39 is 12.2 Å². The number of piperazine rings is 1. The van der Waals surface area contributed by atoms with Gasteiger partial charge in [-0.1, -0.05) is 18.2 Å². The average molecular weight is 398 g/mol. The third-order valence-electron chi connectivity index (χ3n) is 4.20. The maximum Gasteiger partial charge on any atom is 0.408 e. The second-order valence-corrected chi connectivity index (χ2v) is 5.72. The van der Waals surface area contributed by atoms with E-state index in [1.54, 1.807) is 24.3 Å². The van der Waals surface area contributed by atoms with Crippen molar-refractivity contribution in [3.8, 4) is 0 Å². The highest BCUT2D eigenvalue weighted by Gasteiger charge is 2.46. The van der Waals surface area contributed by atoms with Crippen molar-refractivity contribution in [2.75, 3.05) is 26.2 Å². The van der Waals surface area contributed by atoms with Crippen LogP contribution in [0.5, 0.6) is 0 Å². The van der Waals surface area contributed by atoms with Crippen molar-refractivity contribution in [3.63, 3.8) is 0 Å². The van der Waals surface area contributed by atoms with Gasteiger partial charge in [-0.05, 0) is 6.07 Å². The number of carbonyl (C=O) groups excluding carboxylic acids is 1. The maximum atomic E-state index is 13.8. The van der Waals surface area contributed by atoms with Crippen molar-refractivity contribution in [3.05, 3.63) is 36.0 Å². The Morgan fingerprint density at radius 3 is 2.32 bits per heavy atom. The summed E-state index contributed by atoms with van der Waals surface area (Å²) in [7, 11) is 0. The molecule has 0 radical (unpaired) electrons. The molecule has 0 amide bonds. The molecule has 4 nitrogen and oxygen atoms in total. The number of alkyl halides is 3. The number of nitrogens with one attached hydrogen (secondary N) is 1. The van der Waals surface area contributed by atoms with Crippen LogP contribution in [0.4, 0.5) is 13.2 Å². The summed E-state index contributed by atoms with van der Waals surface area (Å²) in [6.07, 6.45) is -3.06. The third-order valence-corrected chi connectivity index (χ3v) is 4.20. The van der Waals surface area contributed by atoms with Gasteiger partial charge in [0, 0.05) is 50.2 Å². The summed E-state index contributed by atoms with van der Waals surface area (Å²) in [5.74, 6) is -0.298. The minimum atomic E-state index is -4.40. The Bertz CT molecular complexity index is 727. The number of fused-ring (bicyclic) bond motifs is 1. The molecule has 9 heteroatoms. The SMILES string of the molecule is CC(=O)n1cc([C@@H](N2CCNCC2)C(F)(F)F)c2ccccc21.Cl.Cl. The molecule has 0 bridgehead atoms. The van der Waals surface area contributed by atoms with Crippen LogP contribution in [0.2, 0.25) is 0 Å². The fourth-order valence-corrected chi connectivity index (χ4v) is 3.20. The summed E-state index contributed by atoms with van der Waals surface area (Å²) < 4.78 is 42.6. The van der Waals surface area contributed by atoms with E-state index in [1.165, 1.54) is 22.6 Å². The van der Waals surface area contributed by atoms with Crippen LogP contribution in [0.3, 0.4) is 0 Å². The van der Waals surface area contributed by atoms with Crippen LogP contribution >= 0.6 is 24.8 Å². The highest BCUT2D eigenvalue weighted by atomic mass is 35.5. The molecule has 1 fully saturated rings. The first-order chi connectivity index (χ1) is 10.9. The zero-order valence-electron chi connectivity index (χ0n) is 13.5. The molecule has 0 spiro atoms. The van der Waals surface area contributed by atoms with Gasteiger partial charge in [-0.15, -0.1) is 24.8 Å². The van der Waals surface area contributed by atoms with Gasteiger partial charge in [-0.3, -0.25) is 14.3 Å². The topological polar surface area (TPSA) is 37.3 Å². The summed E-state index contributed by atoms with van der Waals surface area (Å²) in [6.45, 7) is 3.05. The largest absolute Gasteiger partial charge is 0.408 e. The number of rotatable bonds is 2. The van der Waals surface area contributed by atoms with Crippen molar-refractivity contribution in [2.24, 2.45) is 0 Å². The Labute approximate surface area is 156 Å². The lowest BCUT2D eigenvalue weighted by Gasteiger charge is -2.35. The summed E-state index contributed by atoms with van der Waals surface area (Å²) >= 11 is 0. The lowest BCUT2D eigenvalue weighted by atomic mass is 10.0. The predicted molar refractivity (Wildman–Crippen MR) is 96.0 cm³/mol. The van der Waals surface area contributed by atoms with Crippen LogP contribution in [-0.2, 0) is 0 Å². The van der Waals surface area contributed by atoms with Crippen molar-refractivity contribution >= 4 is 41.6 Å². The average Bonchev–Trinajstić information content (AvgIpc) is 2.87. The molecular weight excluding hydrogens is 378 g/mol. The smallest absolute Gasteiger partial charge is 0.314 e. The molecule has 1 aliphatic heterocycles. The van der Waals surface area contributed by atoms with E-state index in [1.807, 2.05) is 0 Å². The summed E-state index contributed by atoms with van der Waals surface area (Å²) in [4.78, 5) is 13.2. The van der Waals surface area contributed by atoms with Gasteiger partial charge >= 0.3 is 6.18 Å². The second kappa shape index (κ2) is 8.40. The van der Waals surface area contributed by atoms with Gasteiger partial charge in [0.15, 0.2) is 0 Å². The Hall–Kier alpha value is -1.28. The molecule has 1 aliphatic rings. The monoisotopic (exact) mass is 397 g/mol. The molecule has 2 aromatic rings. The number of halogens is 5. The number of hydrogen-bond donors (Lipinski definition) is 1. The van der Waals surface area contributed by atoms with Crippen molar-refractivity contribution in [2.45, 2.75) is 19.1 Å². The van der Waals surface area contributed by atoms with Crippen molar-refractivity contribution in [1.29, 1.82) is 0 Å². The third kappa shape index (κ3) is 4.28. The first-order valence-electron chi connectivity index (χ1n) is 7.52. The quantitative estimate of drug-likeness (QED) is 0.839. The van der Waals surface area contributed by atoms with Gasteiger partial charge in [0.25, 0.3) is 0 Å². The van der Waals surface area contributed by atoms with Gasteiger partial charge in [0.05, 0.1) is 5.52 Å². The maximum absolute atomic E-state index is 13.8. The van der Waals surface area contributed by atoms with Gasteiger partial charge < -0.3 is 5.32 Å². The first-order valence-corrected chi connectivity index (χ1v) is 7.52. The molecule has 3 rings (SSSR count). The predicted octanol–water partition coefficient (Wildman–Crippen LogP) is 3.65. The molecule has 1 atom stereocenters. The summed E-state index contributed by atoms with van der Waals surface area (Å²) in [6, 6.07) is 5.03. The molecule has 25 heavy (non-hydrogen) atoms. The van der Waals surface area contributed by atoms with Crippen LogP contribution in [0.15, 0.2) is 30.5 Å². The van der Waals surface area contributed by atoms with E-state index in [0.29, 0.717) is 37.1 Å². The molecule has 1 N–H and O–H groups in total. The van der Waals surface area contributed by atoms with Crippen LogP contribution in [-0.4, -0.2) is 47.7 Å². The fourth-order valence-electron chi connectivity index (χ4n) is 3.20. The van der Waals surface area contributed by atoms with Crippen molar-refractivity contribution in [1.82, 2.24) is 14.8 Å². The Morgan fingerprint density at radius 2 is 1.76 bits per heavy atom. The van der Waals surface area contributed by atoms with Crippen LogP contribution in [0.25, 0.3) is 10.9 Å². The molecule has 1 saturated heterocycles. The first kappa shape index (κ1) is 21.8. The minimum absolute atomic E-state index is 0. The summed E-state index contributed by atoms with van der Waals surface area (Å²) in [5, 5.41) is 3.54. The second-order valence-electron chi connectivity index (χ2n) is 5.72. The lowest BCUT2D eigenvalue weighted by molar-refractivity contribution is -0.187. The Kier molecular flexibility index (Phi) is 7.31. The number of hydrogen-bond acceptors (Lipinski definition) is 3. The molecule has 0 aliphatic carbocycles. The zero-order chi connectivity index (χ0) is 16.6. The van der Waals surface area contributed by atoms with E-state index in [9.17, 15) is 18.0 Å². The molecule has 2 heterocycles. The number of para-hydroxylation sites is 1. The highest BCUT2D eigenvalue weighted by molar-refractivity contribution is 5.94. The minimum Gasteiger partial charge on any atom is -0.314 e. The van der Waals surface area contributed by atoms with Gasteiger partial charge in [-0.25, -0.2) is 0 Å². The van der Waals surface area contributed by atoms with E-state index in [4.69, 9.17) is 0 Å². The molecular formula is C16H20Cl2F3N3O. The van der Waals surface area contributed by atoms with Gasteiger partial charge in [0.1, 0.15) is 6.04 Å². The highest BCUT2D eigenvalue weighted by Crippen LogP contribution is 2.41. The summed E-state index contributed by atoms with van der Waals surface area (Å²) in [5.41, 5.74) is 0.657. The van der Waals surface area contributed by atoms with Crippen LogP contribution in [0.1, 0.15) is 23.3 Å². The van der Waals surface area contributed by atoms with E-state index in [2.05, 4.69) is 5.32 Å².